The van der Waals surface area contributed by atoms with Crippen LogP contribution < -0.4 is 10.1 Å². The van der Waals surface area contributed by atoms with Crippen LogP contribution in [0.1, 0.15) is 49.7 Å². The van der Waals surface area contributed by atoms with Crippen molar-refractivity contribution in [2.75, 3.05) is 19.0 Å². The number of nitrogens with one attached hydrogen (secondary N) is 1. The number of amides is 1. The minimum Gasteiger partial charge on any atom is -0.497 e. The summed E-state index contributed by atoms with van der Waals surface area (Å²) in [6.07, 6.45) is 3.71. The van der Waals surface area contributed by atoms with Gasteiger partial charge in [0, 0.05) is 12.2 Å². The van der Waals surface area contributed by atoms with E-state index in [1.54, 1.807) is 7.11 Å². The molecule has 0 radical (unpaired) electrons. The molecule has 3 heterocycles. The number of carbonyl (C=O) groups is 1. The fourth-order valence-electron chi connectivity index (χ4n) is 4.24. The number of hydrogen-bond acceptors (Lipinski definition) is 5. The molecule has 1 aliphatic heterocycles. The molecule has 1 N–H and O–H groups in total. The topological polar surface area (TPSA) is 67.3 Å². The number of methoxy groups -OCH3 is 1. The van der Waals surface area contributed by atoms with Crippen LogP contribution >= 0.6 is 0 Å². The normalized spacial score (nSPS) is 16.1. The molecule has 2 aromatic heterocycles. The maximum Gasteiger partial charge on any atom is 0.233 e. The van der Waals surface area contributed by atoms with Crippen LogP contribution in [0.15, 0.2) is 60.8 Å². The SMILES string of the molecule is COc1ccc(C(C)(C)C(=O)N2CCC[C@@H]2c2ccc(Nc3cccc(C)n3)cn2)cc1. The van der Waals surface area contributed by atoms with E-state index in [-0.39, 0.29) is 11.9 Å². The summed E-state index contributed by atoms with van der Waals surface area (Å²) in [6.45, 7) is 6.69. The van der Waals surface area contributed by atoms with Gasteiger partial charge >= 0.3 is 0 Å². The minimum atomic E-state index is -0.632. The molecule has 1 amide bonds. The van der Waals surface area contributed by atoms with E-state index < -0.39 is 5.41 Å². The van der Waals surface area contributed by atoms with Gasteiger partial charge in [-0.2, -0.15) is 0 Å². The summed E-state index contributed by atoms with van der Waals surface area (Å²) in [4.78, 5) is 24.7. The first kappa shape index (κ1) is 21.8. The van der Waals surface area contributed by atoms with Crippen molar-refractivity contribution < 1.29 is 9.53 Å². The van der Waals surface area contributed by atoms with Gasteiger partial charge in [0.1, 0.15) is 11.6 Å². The highest BCUT2D eigenvalue weighted by molar-refractivity contribution is 5.88. The van der Waals surface area contributed by atoms with Crippen LogP contribution in [0.3, 0.4) is 0 Å². The molecule has 6 heteroatoms. The molecule has 0 spiro atoms. The van der Waals surface area contributed by atoms with Crippen LogP contribution in [0.25, 0.3) is 0 Å². The standard InChI is InChI=1S/C26H30N4O2/c1-18-7-5-9-24(28-18)29-20-12-15-22(27-17-20)23-8-6-16-30(23)25(31)26(2,3)19-10-13-21(32-4)14-11-19/h5,7,9-15,17,23H,6,8,16H2,1-4H3,(H,28,29)/t23-/m1/s1. The number of nitrogens with zero attached hydrogens (tertiary/aromatic N) is 3. The zero-order valence-corrected chi connectivity index (χ0v) is 19.1. The molecule has 6 nitrogen and oxygen atoms in total. The monoisotopic (exact) mass is 430 g/mol. The molecule has 1 fully saturated rings. The van der Waals surface area contributed by atoms with E-state index in [1.807, 2.05) is 86.5 Å². The van der Waals surface area contributed by atoms with Gasteiger partial charge in [0.2, 0.25) is 5.91 Å². The lowest BCUT2D eigenvalue weighted by Gasteiger charge is -2.33. The highest BCUT2D eigenvalue weighted by atomic mass is 16.5. The van der Waals surface area contributed by atoms with E-state index in [4.69, 9.17) is 4.74 Å². The van der Waals surface area contributed by atoms with Gasteiger partial charge in [-0.15, -0.1) is 0 Å². The summed E-state index contributed by atoms with van der Waals surface area (Å²) in [5.41, 5.74) is 3.10. The van der Waals surface area contributed by atoms with Crippen molar-refractivity contribution in [3.63, 3.8) is 0 Å². The van der Waals surface area contributed by atoms with Crippen molar-refractivity contribution in [2.45, 2.75) is 45.1 Å². The number of anilines is 2. The molecular weight excluding hydrogens is 400 g/mol. The van der Waals surface area contributed by atoms with Crippen molar-refractivity contribution in [1.82, 2.24) is 14.9 Å². The third kappa shape index (κ3) is 4.44. The summed E-state index contributed by atoms with van der Waals surface area (Å²) in [6, 6.07) is 17.6. The fourth-order valence-corrected chi connectivity index (χ4v) is 4.24. The quantitative estimate of drug-likeness (QED) is 0.584. The Labute approximate surface area is 189 Å². The average Bonchev–Trinajstić information content (AvgIpc) is 3.29. The lowest BCUT2D eigenvalue weighted by molar-refractivity contribution is -0.137. The van der Waals surface area contributed by atoms with Gasteiger partial charge in [0.05, 0.1) is 36.1 Å². The number of aromatic nitrogens is 2. The summed E-state index contributed by atoms with van der Waals surface area (Å²) >= 11 is 0. The minimum absolute atomic E-state index is 0.00818. The molecule has 1 saturated heterocycles. The molecule has 4 rings (SSSR count). The first-order valence-corrected chi connectivity index (χ1v) is 11.0. The van der Waals surface area contributed by atoms with Crippen LogP contribution in [0.2, 0.25) is 0 Å². The second-order valence-electron chi connectivity index (χ2n) is 8.77. The third-order valence-corrected chi connectivity index (χ3v) is 6.15. The number of ether oxygens (including phenoxy) is 1. The lowest BCUT2D eigenvalue weighted by atomic mass is 9.83. The molecule has 166 valence electrons. The molecule has 0 unspecified atom stereocenters. The van der Waals surface area contributed by atoms with Gasteiger partial charge in [0.25, 0.3) is 0 Å². The number of likely N-dealkylation sites (tertiary alicyclic amines) is 1. The van der Waals surface area contributed by atoms with Crippen LogP contribution in [0.5, 0.6) is 5.75 Å². The second-order valence-corrected chi connectivity index (χ2v) is 8.77. The number of pyridine rings is 2. The molecule has 1 aliphatic rings. The van der Waals surface area contributed by atoms with Crippen LogP contribution in [-0.2, 0) is 10.2 Å². The van der Waals surface area contributed by atoms with Gasteiger partial charge in [-0.25, -0.2) is 4.98 Å². The van der Waals surface area contributed by atoms with Gasteiger partial charge in [-0.05, 0) is 75.6 Å². The highest BCUT2D eigenvalue weighted by Gasteiger charge is 2.39. The van der Waals surface area contributed by atoms with Crippen LogP contribution in [-0.4, -0.2) is 34.4 Å². The zero-order valence-electron chi connectivity index (χ0n) is 19.1. The van der Waals surface area contributed by atoms with Crippen molar-refractivity contribution in [2.24, 2.45) is 0 Å². The predicted molar refractivity (Wildman–Crippen MR) is 126 cm³/mol. The van der Waals surface area contributed by atoms with E-state index >= 15 is 0 Å². The summed E-state index contributed by atoms with van der Waals surface area (Å²) < 4.78 is 5.26. The molecule has 0 aliphatic carbocycles. The summed E-state index contributed by atoms with van der Waals surface area (Å²) in [5, 5.41) is 3.29. The van der Waals surface area contributed by atoms with E-state index in [2.05, 4.69) is 15.3 Å². The summed E-state index contributed by atoms with van der Waals surface area (Å²) in [5.74, 6) is 1.70. The Balaban J connectivity index is 1.50. The van der Waals surface area contributed by atoms with Crippen molar-refractivity contribution in [3.05, 3.63) is 77.7 Å². The Bertz CT molecular complexity index is 1080. The second kappa shape index (κ2) is 8.99. The largest absolute Gasteiger partial charge is 0.497 e. The molecule has 0 bridgehead atoms. The Hall–Kier alpha value is -3.41. The zero-order chi connectivity index (χ0) is 22.7. The van der Waals surface area contributed by atoms with Crippen molar-refractivity contribution >= 4 is 17.4 Å². The molecular formula is C26H30N4O2. The van der Waals surface area contributed by atoms with Crippen LogP contribution in [0, 0.1) is 6.92 Å². The number of rotatable bonds is 6. The molecule has 1 aromatic carbocycles. The smallest absolute Gasteiger partial charge is 0.233 e. The van der Waals surface area contributed by atoms with Crippen molar-refractivity contribution in [3.8, 4) is 5.75 Å². The number of carbonyl (C=O) groups excluding carboxylic acids is 1. The third-order valence-electron chi connectivity index (χ3n) is 6.15. The molecule has 0 saturated carbocycles. The molecule has 3 aromatic rings. The fraction of sp³-hybridized carbons (Fsp3) is 0.346. The maximum atomic E-state index is 13.6. The van der Waals surface area contributed by atoms with Crippen LogP contribution in [0.4, 0.5) is 11.5 Å². The average molecular weight is 431 g/mol. The predicted octanol–water partition coefficient (Wildman–Crippen LogP) is 5.18. The van der Waals surface area contributed by atoms with E-state index in [9.17, 15) is 4.79 Å². The number of hydrogen-bond donors (Lipinski definition) is 1. The maximum absolute atomic E-state index is 13.6. The van der Waals surface area contributed by atoms with Gasteiger partial charge in [-0.1, -0.05) is 18.2 Å². The Morgan fingerprint density at radius 3 is 2.56 bits per heavy atom. The van der Waals surface area contributed by atoms with Gasteiger partial charge < -0.3 is 15.0 Å². The number of aryl methyl sites for hydroxylation is 1. The highest BCUT2D eigenvalue weighted by Crippen LogP contribution is 2.36. The van der Waals surface area contributed by atoms with E-state index in [1.165, 1.54) is 0 Å². The number of benzene rings is 1. The first-order chi connectivity index (χ1) is 15.4. The molecule has 1 atom stereocenters. The molecule has 32 heavy (non-hydrogen) atoms. The summed E-state index contributed by atoms with van der Waals surface area (Å²) in [7, 11) is 1.64. The van der Waals surface area contributed by atoms with Gasteiger partial charge in [0.15, 0.2) is 0 Å². The Kier molecular flexibility index (Phi) is 6.12. The first-order valence-electron chi connectivity index (χ1n) is 11.0. The Morgan fingerprint density at radius 1 is 1.12 bits per heavy atom. The van der Waals surface area contributed by atoms with E-state index in [0.717, 1.165) is 53.6 Å². The van der Waals surface area contributed by atoms with E-state index in [0.29, 0.717) is 0 Å². The Morgan fingerprint density at radius 2 is 1.91 bits per heavy atom. The van der Waals surface area contributed by atoms with Crippen molar-refractivity contribution in [1.29, 1.82) is 0 Å². The van der Waals surface area contributed by atoms with Gasteiger partial charge in [-0.3, -0.25) is 9.78 Å². The lowest BCUT2D eigenvalue weighted by Crippen LogP contribution is -2.43.